The van der Waals surface area contributed by atoms with Gasteiger partial charge in [0.1, 0.15) is 0 Å². The largest absolute Gasteiger partial charge is 0.354 e. The molecule has 84 valence electrons. The average Bonchev–Trinajstić information content (AvgIpc) is 2.09. The van der Waals surface area contributed by atoms with E-state index in [4.69, 9.17) is 0 Å². The molecule has 0 aromatic carbocycles. The van der Waals surface area contributed by atoms with Gasteiger partial charge in [0.25, 0.3) is 0 Å². The maximum atomic E-state index is 13.6. The molecule has 0 N–H and O–H groups in total. The van der Waals surface area contributed by atoms with Crippen LogP contribution in [0.3, 0.4) is 0 Å². The maximum absolute atomic E-state index is 13.6. The third kappa shape index (κ3) is 0.823. The van der Waals surface area contributed by atoms with Crippen molar-refractivity contribution < 1.29 is 26.3 Å². The molecule has 15 heavy (non-hydrogen) atoms. The molecule has 6 heteroatoms. The molecule has 0 aromatic rings. The third-order valence-electron chi connectivity index (χ3n) is 2.94. The van der Waals surface area contributed by atoms with Crippen molar-refractivity contribution >= 4 is 0 Å². The Labute approximate surface area is 81.3 Å². The Morgan fingerprint density at radius 3 is 1.93 bits per heavy atom. The molecule has 0 radical (unpaired) electrons. The van der Waals surface area contributed by atoms with Crippen molar-refractivity contribution in [2.24, 2.45) is 0 Å². The van der Waals surface area contributed by atoms with Gasteiger partial charge in [-0.25, -0.2) is 8.78 Å². The van der Waals surface area contributed by atoms with E-state index < -0.39 is 35.2 Å². The number of halogens is 6. The molecule has 2 unspecified atom stereocenters. The predicted molar refractivity (Wildman–Crippen MR) is 40.5 cm³/mol. The first kappa shape index (κ1) is 10.6. The minimum atomic E-state index is -5.10. The molecule has 0 spiro atoms. The fourth-order valence-corrected chi connectivity index (χ4v) is 1.89. The summed E-state index contributed by atoms with van der Waals surface area (Å²) in [5.41, 5.74) is -8.05. The Bertz CT molecular complexity index is 371. The highest BCUT2D eigenvalue weighted by molar-refractivity contribution is 5.45. The number of hydrogen-bond acceptors (Lipinski definition) is 0. The van der Waals surface area contributed by atoms with Crippen LogP contribution in [0.1, 0.15) is 6.42 Å². The zero-order valence-electron chi connectivity index (χ0n) is 7.34. The van der Waals surface area contributed by atoms with Crippen molar-refractivity contribution in [1.82, 2.24) is 0 Å². The number of hydrogen-bond donors (Lipinski definition) is 0. The summed E-state index contributed by atoms with van der Waals surface area (Å²) in [6, 6.07) is 0. The smallest absolute Gasteiger partial charge is 0.232 e. The minimum absolute atomic E-state index is 0.135. The zero-order valence-corrected chi connectivity index (χ0v) is 7.34. The summed E-state index contributed by atoms with van der Waals surface area (Å²) < 4.78 is 79.3. The van der Waals surface area contributed by atoms with Crippen LogP contribution < -0.4 is 0 Å². The lowest BCUT2D eigenvalue weighted by atomic mass is 9.64. The van der Waals surface area contributed by atoms with Crippen LogP contribution in [0.25, 0.3) is 0 Å². The van der Waals surface area contributed by atoms with Crippen molar-refractivity contribution in [3.8, 4) is 0 Å². The first-order valence-electron chi connectivity index (χ1n) is 4.11. The highest BCUT2D eigenvalue weighted by Gasteiger charge is 2.83. The van der Waals surface area contributed by atoms with Gasteiger partial charge < -0.3 is 0 Å². The lowest BCUT2D eigenvalue weighted by molar-refractivity contribution is -0.312. The maximum Gasteiger partial charge on any atom is 0.354 e. The molecule has 0 aliphatic heterocycles. The van der Waals surface area contributed by atoms with Gasteiger partial charge in [-0.05, 0) is 17.7 Å². The van der Waals surface area contributed by atoms with Crippen LogP contribution in [0.5, 0.6) is 0 Å². The highest BCUT2D eigenvalue weighted by Crippen LogP contribution is 2.64. The van der Waals surface area contributed by atoms with Crippen LogP contribution >= 0.6 is 0 Å². The number of allylic oxidation sites excluding steroid dienone is 3. The van der Waals surface area contributed by atoms with E-state index in [0.717, 1.165) is 0 Å². The molecule has 3 aliphatic rings. The predicted octanol–water partition coefficient (Wildman–Crippen LogP) is 3.20. The summed E-state index contributed by atoms with van der Waals surface area (Å²) in [5, 5.41) is 0. The van der Waals surface area contributed by atoms with Crippen molar-refractivity contribution in [2.45, 2.75) is 29.6 Å². The van der Waals surface area contributed by atoms with E-state index in [1.165, 1.54) is 0 Å². The fourth-order valence-electron chi connectivity index (χ4n) is 1.89. The van der Waals surface area contributed by atoms with E-state index in [0.29, 0.717) is 0 Å². The Morgan fingerprint density at radius 1 is 0.933 bits per heavy atom. The summed E-state index contributed by atoms with van der Waals surface area (Å²) in [7, 11) is 0. The highest BCUT2D eigenvalue weighted by atomic mass is 19.3. The first-order chi connectivity index (χ1) is 6.58. The monoisotopic (exact) mass is 228 g/mol. The zero-order chi connectivity index (χ0) is 11.7. The molecule has 3 rings (SSSR count). The quantitative estimate of drug-likeness (QED) is 0.441. The molecule has 0 aromatic heterocycles. The molecule has 2 bridgehead atoms. The van der Waals surface area contributed by atoms with Gasteiger partial charge in [0.2, 0.25) is 11.3 Å². The molecule has 0 amide bonds. The SMILES string of the molecule is C=C1CC2(F)C=CC1(F)C(F)(F)C2(F)F. The molecule has 3 aliphatic carbocycles. The van der Waals surface area contributed by atoms with Crippen molar-refractivity contribution in [1.29, 1.82) is 0 Å². The number of alkyl halides is 6. The molecular weight excluding hydrogens is 222 g/mol. The molecule has 0 heterocycles. The third-order valence-corrected chi connectivity index (χ3v) is 2.94. The Hall–Kier alpha value is -0.940. The summed E-state index contributed by atoms with van der Waals surface area (Å²) in [5.74, 6) is -10.1. The van der Waals surface area contributed by atoms with Crippen molar-refractivity contribution in [3.05, 3.63) is 24.3 Å². The lowest BCUT2D eigenvalue weighted by Gasteiger charge is -2.51. The van der Waals surface area contributed by atoms with Crippen LogP contribution in [0.2, 0.25) is 0 Å². The van der Waals surface area contributed by atoms with Gasteiger partial charge in [0, 0.05) is 6.42 Å². The Balaban J connectivity index is 2.72. The fraction of sp³-hybridized carbons (Fsp3) is 0.556. The topological polar surface area (TPSA) is 0 Å². The van der Waals surface area contributed by atoms with Crippen LogP contribution in [0.4, 0.5) is 26.3 Å². The number of rotatable bonds is 0. The van der Waals surface area contributed by atoms with E-state index >= 15 is 0 Å². The number of fused-ring (bicyclic) bond motifs is 2. The van der Waals surface area contributed by atoms with Crippen LogP contribution in [0, 0.1) is 0 Å². The molecule has 0 nitrogen and oxygen atoms in total. The van der Waals surface area contributed by atoms with E-state index in [1.54, 1.807) is 0 Å². The second-order valence-corrected chi connectivity index (χ2v) is 3.84. The molecule has 1 saturated carbocycles. The van der Waals surface area contributed by atoms with Gasteiger partial charge in [-0.15, -0.1) is 0 Å². The lowest BCUT2D eigenvalue weighted by Crippen LogP contribution is -2.71. The van der Waals surface area contributed by atoms with Crippen LogP contribution in [-0.4, -0.2) is 23.2 Å². The normalized spacial score (nSPS) is 45.9. The van der Waals surface area contributed by atoms with Gasteiger partial charge in [0.15, 0.2) is 0 Å². The van der Waals surface area contributed by atoms with Gasteiger partial charge in [0.05, 0.1) is 0 Å². The van der Waals surface area contributed by atoms with Gasteiger partial charge in [-0.3, -0.25) is 0 Å². The Morgan fingerprint density at radius 2 is 1.47 bits per heavy atom. The van der Waals surface area contributed by atoms with Crippen LogP contribution in [-0.2, 0) is 0 Å². The van der Waals surface area contributed by atoms with E-state index in [1.807, 2.05) is 0 Å². The van der Waals surface area contributed by atoms with Gasteiger partial charge in [-0.1, -0.05) is 6.58 Å². The standard InChI is InChI=1S/C9H6F6/c1-5-4-6(10)2-3-7(5,11)9(14,15)8(6,12)13/h2-3H,1,4H2. The van der Waals surface area contributed by atoms with Crippen molar-refractivity contribution in [2.75, 3.05) is 0 Å². The Kier molecular flexibility index (Phi) is 1.59. The minimum Gasteiger partial charge on any atom is -0.232 e. The summed E-state index contributed by atoms with van der Waals surface area (Å²) >= 11 is 0. The van der Waals surface area contributed by atoms with Crippen molar-refractivity contribution in [3.63, 3.8) is 0 Å². The molecule has 1 fully saturated rings. The van der Waals surface area contributed by atoms with E-state index in [2.05, 4.69) is 6.58 Å². The molecular formula is C9H6F6. The molecule has 2 atom stereocenters. The van der Waals surface area contributed by atoms with E-state index in [9.17, 15) is 26.3 Å². The average molecular weight is 228 g/mol. The second kappa shape index (κ2) is 2.25. The van der Waals surface area contributed by atoms with Gasteiger partial charge in [-0.2, -0.15) is 17.6 Å². The summed E-state index contributed by atoms with van der Waals surface area (Å²) in [6.45, 7) is 2.90. The molecule has 0 saturated heterocycles. The van der Waals surface area contributed by atoms with Gasteiger partial charge >= 0.3 is 11.8 Å². The first-order valence-corrected chi connectivity index (χ1v) is 4.11. The second-order valence-electron chi connectivity index (χ2n) is 3.84. The summed E-state index contributed by atoms with van der Waals surface area (Å²) in [6.07, 6.45) is -0.822. The summed E-state index contributed by atoms with van der Waals surface area (Å²) in [4.78, 5) is 0. The van der Waals surface area contributed by atoms with E-state index in [-0.39, 0.29) is 12.2 Å². The van der Waals surface area contributed by atoms with Crippen LogP contribution in [0.15, 0.2) is 24.3 Å².